The molecule has 6 nitrogen and oxygen atoms in total. The molecule has 1 aliphatic heterocycles. The minimum Gasteiger partial charge on any atom is -0.393 e. The van der Waals surface area contributed by atoms with Gasteiger partial charge in [-0.25, -0.2) is 5.01 Å². The summed E-state index contributed by atoms with van der Waals surface area (Å²) in [7, 11) is 3.22. The van der Waals surface area contributed by atoms with Crippen LogP contribution in [0.4, 0.5) is 0 Å². The molecule has 96 valence electrons. The van der Waals surface area contributed by atoms with Gasteiger partial charge in [-0.1, -0.05) is 0 Å². The molecular formula is C11H19N3O3. The predicted octanol–water partition coefficient (Wildman–Crippen LogP) is -0.176. The lowest BCUT2D eigenvalue weighted by Gasteiger charge is -2.23. The van der Waals surface area contributed by atoms with Gasteiger partial charge < -0.3 is 10.0 Å². The molecule has 1 rings (SSSR count). The number of hydrogen-bond acceptors (Lipinski definition) is 4. The zero-order valence-corrected chi connectivity index (χ0v) is 10.5. The molecule has 1 N–H and O–H groups in total. The van der Waals surface area contributed by atoms with E-state index in [0.717, 1.165) is 0 Å². The molecule has 0 spiro atoms. The van der Waals surface area contributed by atoms with Crippen LogP contribution >= 0.6 is 0 Å². The Bertz CT molecular complexity index is 339. The standard InChI is InChI=1S/C11H19N3O3/c1-8(15)6-7-13(2)11(17)9-4-5-10(16)14(3)12-9/h8,15H,4-7H2,1-3H3. The highest BCUT2D eigenvalue weighted by Gasteiger charge is 2.24. The second-order valence-corrected chi connectivity index (χ2v) is 4.33. The second-order valence-electron chi connectivity index (χ2n) is 4.33. The van der Waals surface area contributed by atoms with Crippen LogP contribution in [0.25, 0.3) is 0 Å². The molecule has 17 heavy (non-hydrogen) atoms. The average Bonchev–Trinajstić information content (AvgIpc) is 2.28. The molecule has 1 unspecified atom stereocenters. The van der Waals surface area contributed by atoms with E-state index in [2.05, 4.69) is 5.10 Å². The number of carbonyl (C=O) groups is 2. The molecule has 6 heteroatoms. The molecule has 1 heterocycles. The van der Waals surface area contributed by atoms with Gasteiger partial charge in [-0.05, 0) is 13.3 Å². The Hall–Kier alpha value is -1.43. The highest BCUT2D eigenvalue weighted by molar-refractivity contribution is 6.39. The number of rotatable bonds is 4. The third-order valence-electron chi connectivity index (χ3n) is 2.68. The minimum absolute atomic E-state index is 0.0758. The van der Waals surface area contributed by atoms with Crippen molar-refractivity contribution in [3.63, 3.8) is 0 Å². The smallest absolute Gasteiger partial charge is 0.269 e. The summed E-state index contributed by atoms with van der Waals surface area (Å²) in [6, 6.07) is 0. The van der Waals surface area contributed by atoms with E-state index in [9.17, 15) is 9.59 Å². The van der Waals surface area contributed by atoms with Gasteiger partial charge in [0, 0.05) is 33.5 Å². The monoisotopic (exact) mass is 241 g/mol. The van der Waals surface area contributed by atoms with Gasteiger partial charge in [0.05, 0.1) is 6.10 Å². The van der Waals surface area contributed by atoms with Crippen LogP contribution in [-0.2, 0) is 9.59 Å². The van der Waals surface area contributed by atoms with E-state index in [1.54, 1.807) is 21.0 Å². The van der Waals surface area contributed by atoms with E-state index in [1.807, 2.05) is 0 Å². The lowest BCUT2D eigenvalue weighted by molar-refractivity contribution is -0.130. The summed E-state index contributed by atoms with van der Waals surface area (Å²) < 4.78 is 0. The lowest BCUT2D eigenvalue weighted by Crippen LogP contribution is -2.39. The summed E-state index contributed by atoms with van der Waals surface area (Å²) >= 11 is 0. The highest BCUT2D eigenvalue weighted by atomic mass is 16.3. The number of nitrogens with zero attached hydrogens (tertiary/aromatic N) is 3. The molecule has 0 saturated carbocycles. The molecule has 1 atom stereocenters. The van der Waals surface area contributed by atoms with E-state index in [-0.39, 0.29) is 11.8 Å². The molecule has 0 aromatic rings. The van der Waals surface area contributed by atoms with Crippen LogP contribution in [0, 0.1) is 0 Å². The van der Waals surface area contributed by atoms with Gasteiger partial charge in [0.2, 0.25) is 5.91 Å². The maximum absolute atomic E-state index is 11.9. The van der Waals surface area contributed by atoms with Crippen molar-refractivity contribution >= 4 is 17.5 Å². The van der Waals surface area contributed by atoms with Crippen LogP contribution in [0.1, 0.15) is 26.2 Å². The zero-order chi connectivity index (χ0) is 13.0. The van der Waals surface area contributed by atoms with Crippen LogP contribution in [0.2, 0.25) is 0 Å². The quantitative estimate of drug-likeness (QED) is 0.742. The zero-order valence-electron chi connectivity index (χ0n) is 10.5. The Morgan fingerprint density at radius 2 is 2.24 bits per heavy atom. The summed E-state index contributed by atoms with van der Waals surface area (Å²) in [6.07, 6.45) is 0.819. The number of carbonyl (C=O) groups excluding carboxylic acids is 2. The minimum atomic E-state index is -0.428. The van der Waals surface area contributed by atoms with Gasteiger partial charge in [0.1, 0.15) is 5.71 Å². The summed E-state index contributed by atoms with van der Waals surface area (Å²) in [5, 5.41) is 14.3. The molecule has 0 aromatic carbocycles. The third-order valence-corrected chi connectivity index (χ3v) is 2.68. The maximum Gasteiger partial charge on any atom is 0.269 e. The van der Waals surface area contributed by atoms with E-state index in [1.165, 1.54) is 9.91 Å². The summed E-state index contributed by atoms with van der Waals surface area (Å²) in [4.78, 5) is 24.7. The highest BCUT2D eigenvalue weighted by Crippen LogP contribution is 2.09. The summed E-state index contributed by atoms with van der Waals surface area (Å²) in [6.45, 7) is 2.16. The first kappa shape index (κ1) is 13.6. The van der Waals surface area contributed by atoms with Crippen LogP contribution in [0.15, 0.2) is 5.10 Å². The maximum atomic E-state index is 11.9. The first-order chi connectivity index (χ1) is 7.91. The van der Waals surface area contributed by atoms with Crippen molar-refractivity contribution in [3.05, 3.63) is 0 Å². The molecule has 0 aromatic heterocycles. The number of hydrogen-bond donors (Lipinski definition) is 1. The Balaban J connectivity index is 2.58. The second kappa shape index (κ2) is 5.77. The number of aliphatic hydroxyl groups excluding tert-OH is 1. The van der Waals surface area contributed by atoms with Crippen molar-refractivity contribution in [1.29, 1.82) is 0 Å². The van der Waals surface area contributed by atoms with Gasteiger partial charge in [0.15, 0.2) is 0 Å². The third kappa shape index (κ3) is 3.81. The molecule has 0 saturated heterocycles. The summed E-state index contributed by atoms with van der Waals surface area (Å²) in [5.41, 5.74) is 0.403. The van der Waals surface area contributed by atoms with Gasteiger partial charge in [-0.3, -0.25) is 9.59 Å². The van der Waals surface area contributed by atoms with Gasteiger partial charge in [0.25, 0.3) is 5.91 Å². The number of aliphatic hydroxyl groups is 1. The van der Waals surface area contributed by atoms with Crippen molar-refractivity contribution in [1.82, 2.24) is 9.91 Å². The first-order valence-electron chi connectivity index (χ1n) is 5.69. The van der Waals surface area contributed by atoms with Crippen molar-refractivity contribution in [2.75, 3.05) is 20.6 Å². The average molecular weight is 241 g/mol. The van der Waals surface area contributed by atoms with E-state index >= 15 is 0 Å². The Labute approximate surface area is 101 Å². The van der Waals surface area contributed by atoms with Gasteiger partial charge in [-0.15, -0.1) is 0 Å². The van der Waals surface area contributed by atoms with Crippen LogP contribution in [0.3, 0.4) is 0 Å². The molecule has 0 radical (unpaired) electrons. The van der Waals surface area contributed by atoms with Crippen molar-refractivity contribution in [2.45, 2.75) is 32.3 Å². The van der Waals surface area contributed by atoms with Crippen molar-refractivity contribution in [2.24, 2.45) is 5.10 Å². The van der Waals surface area contributed by atoms with Crippen molar-refractivity contribution < 1.29 is 14.7 Å². The Kier molecular flexibility index (Phi) is 4.62. The first-order valence-corrected chi connectivity index (χ1v) is 5.69. The van der Waals surface area contributed by atoms with E-state index in [4.69, 9.17) is 5.11 Å². The van der Waals surface area contributed by atoms with Gasteiger partial charge >= 0.3 is 0 Å². The van der Waals surface area contributed by atoms with E-state index in [0.29, 0.717) is 31.5 Å². The molecule has 0 bridgehead atoms. The normalized spacial score (nSPS) is 17.8. The molecular weight excluding hydrogens is 222 g/mol. The Morgan fingerprint density at radius 3 is 2.76 bits per heavy atom. The van der Waals surface area contributed by atoms with Crippen LogP contribution < -0.4 is 0 Å². The number of hydrazone groups is 1. The lowest BCUT2D eigenvalue weighted by atomic mass is 10.1. The number of amides is 2. The predicted molar refractivity (Wildman–Crippen MR) is 63.4 cm³/mol. The molecule has 2 amide bonds. The SMILES string of the molecule is CC(O)CCN(C)C(=O)C1=NN(C)C(=O)CC1. The fraction of sp³-hybridized carbons (Fsp3) is 0.727. The fourth-order valence-electron chi connectivity index (χ4n) is 1.53. The van der Waals surface area contributed by atoms with Crippen molar-refractivity contribution in [3.8, 4) is 0 Å². The Morgan fingerprint density at radius 1 is 1.59 bits per heavy atom. The fourth-order valence-corrected chi connectivity index (χ4v) is 1.53. The molecule has 0 aliphatic carbocycles. The summed E-state index contributed by atoms with van der Waals surface area (Å²) in [5.74, 6) is -0.252. The van der Waals surface area contributed by atoms with E-state index < -0.39 is 6.10 Å². The van der Waals surface area contributed by atoms with Crippen LogP contribution in [0.5, 0.6) is 0 Å². The van der Waals surface area contributed by atoms with Crippen LogP contribution in [-0.4, -0.2) is 59.3 Å². The molecule has 1 aliphatic rings. The largest absolute Gasteiger partial charge is 0.393 e. The molecule has 0 fully saturated rings. The van der Waals surface area contributed by atoms with Gasteiger partial charge in [-0.2, -0.15) is 5.10 Å². The topological polar surface area (TPSA) is 73.2 Å².